The first-order chi connectivity index (χ1) is 24.9. The summed E-state index contributed by atoms with van der Waals surface area (Å²) in [5.41, 5.74) is 6.83. The number of anilines is 1. The molecular weight excluding hydrogens is 656 g/mol. The van der Waals surface area contributed by atoms with Crippen molar-refractivity contribution in [2.75, 3.05) is 11.4 Å². The predicted molar refractivity (Wildman–Crippen MR) is 204 cm³/mol. The topological polar surface area (TPSA) is 86.7 Å². The zero-order valence-corrected chi connectivity index (χ0v) is 28.7. The molecule has 0 spiro atoms. The minimum absolute atomic E-state index is 0.174. The lowest BCUT2D eigenvalue weighted by molar-refractivity contribution is -0.137. The Hall–Kier alpha value is -5.98. The lowest BCUT2D eigenvalue weighted by Crippen LogP contribution is -2.36. The van der Waals surface area contributed by atoms with Gasteiger partial charge in [0.15, 0.2) is 0 Å². The number of carboxylic acids is 1. The molecule has 6 rings (SSSR count). The van der Waals surface area contributed by atoms with E-state index < -0.39 is 17.9 Å². The summed E-state index contributed by atoms with van der Waals surface area (Å²) in [5.74, 6) is -1.86. The summed E-state index contributed by atoms with van der Waals surface area (Å²) >= 11 is 6.46. The highest BCUT2D eigenvalue weighted by atomic mass is 35.5. The van der Waals surface area contributed by atoms with Crippen molar-refractivity contribution in [3.8, 4) is 22.3 Å². The summed E-state index contributed by atoms with van der Waals surface area (Å²) in [5, 5.41) is 13.1. The SMILES string of the molecule is O=C(O)CC(NC(=O)c1cc(Cl)ccc1N(CCCc1ccccc1)C(=O)c1ccc(-c2ccccc2)cc1)c1ccc(-c2ccccc2)cc1. The second-order valence-corrected chi connectivity index (χ2v) is 12.7. The molecule has 0 radical (unpaired) electrons. The maximum absolute atomic E-state index is 14.3. The number of nitrogens with zero attached hydrogens (tertiary/aromatic N) is 1. The smallest absolute Gasteiger partial charge is 0.305 e. The number of aryl methyl sites for hydroxylation is 1. The van der Waals surface area contributed by atoms with Gasteiger partial charge in [-0.05, 0) is 76.6 Å². The molecule has 0 aliphatic carbocycles. The van der Waals surface area contributed by atoms with Crippen molar-refractivity contribution in [3.63, 3.8) is 0 Å². The van der Waals surface area contributed by atoms with E-state index in [4.69, 9.17) is 11.6 Å². The normalized spacial score (nSPS) is 11.4. The molecule has 0 aromatic heterocycles. The van der Waals surface area contributed by atoms with Crippen LogP contribution in [0.3, 0.4) is 0 Å². The fourth-order valence-corrected chi connectivity index (χ4v) is 6.31. The van der Waals surface area contributed by atoms with E-state index in [2.05, 4.69) is 5.32 Å². The zero-order chi connectivity index (χ0) is 35.6. The van der Waals surface area contributed by atoms with Crippen molar-refractivity contribution in [2.24, 2.45) is 0 Å². The highest BCUT2D eigenvalue weighted by Gasteiger charge is 2.26. The molecule has 0 aliphatic rings. The van der Waals surface area contributed by atoms with Gasteiger partial charge < -0.3 is 15.3 Å². The molecule has 1 atom stereocenters. The molecule has 2 amide bonds. The summed E-state index contributed by atoms with van der Waals surface area (Å²) in [6, 6.07) is 48.7. The number of aliphatic carboxylic acids is 1. The Morgan fingerprint density at radius 1 is 0.647 bits per heavy atom. The van der Waals surface area contributed by atoms with Gasteiger partial charge in [-0.1, -0.05) is 139 Å². The van der Waals surface area contributed by atoms with Crippen molar-refractivity contribution >= 4 is 35.1 Å². The lowest BCUT2D eigenvalue weighted by atomic mass is 9.98. The van der Waals surface area contributed by atoms with Crippen LogP contribution in [0.25, 0.3) is 22.3 Å². The fraction of sp³-hybridized carbons (Fsp3) is 0.114. The second kappa shape index (κ2) is 16.6. The van der Waals surface area contributed by atoms with Crippen molar-refractivity contribution < 1.29 is 19.5 Å². The molecule has 0 saturated carbocycles. The summed E-state index contributed by atoms with van der Waals surface area (Å²) in [6.07, 6.45) is 1.03. The van der Waals surface area contributed by atoms with Crippen LogP contribution in [0.2, 0.25) is 5.02 Å². The van der Waals surface area contributed by atoms with Gasteiger partial charge >= 0.3 is 5.97 Å². The number of carbonyl (C=O) groups is 3. The van der Waals surface area contributed by atoms with Gasteiger partial charge in [0.25, 0.3) is 11.8 Å². The van der Waals surface area contributed by atoms with Gasteiger partial charge in [0.1, 0.15) is 0 Å². The van der Waals surface area contributed by atoms with Crippen LogP contribution in [-0.2, 0) is 11.2 Å². The molecule has 0 bridgehead atoms. The molecule has 0 aliphatic heterocycles. The Bertz CT molecular complexity index is 2090. The number of hydrogen-bond donors (Lipinski definition) is 2. The van der Waals surface area contributed by atoms with Gasteiger partial charge in [-0.3, -0.25) is 14.4 Å². The van der Waals surface area contributed by atoms with Crippen LogP contribution >= 0.6 is 11.6 Å². The van der Waals surface area contributed by atoms with E-state index in [1.807, 2.05) is 127 Å². The van der Waals surface area contributed by atoms with E-state index in [9.17, 15) is 19.5 Å². The minimum Gasteiger partial charge on any atom is -0.481 e. The van der Waals surface area contributed by atoms with Crippen LogP contribution < -0.4 is 10.2 Å². The fourth-order valence-electron chi connectivity index (χ4n) is 6.14. The molecule has 51 heavy (non-hydrogen) atoms. The van der Waals surface area contributed by atoms with Crippen LogP contribution in [0.4, 0.5) is 5.69 Å². The van der Waals surface area contributed by atoms with Gasteiger partial charge in [-0.15, -0.1) is 0 Å². The van der Waals surface area contributed by atoms with E-state index in [-0.39, 0.29) is 17.9 Å². The monoisotopic (exact) mass is 692 g/mol. The number of nitrogens with one attached hydrogen (secondary N) is 1. The Kier molecular flexibility index (Phi) is 11.4. The molecule has 0 saturated heterocycles. The minimum atomic E-state index is -1.06. The quantitative estimate of drug-likeness (QED) is 0.126. The summed E-state index contributed by atoms with van der Waals surface area (Å²) in [6.45, 7) is 0.329. The summed E-state index contributed by atoms with van der Waals surface area (Å²) in [4.78, 5) is 42.1. The molecule has 0 fully saturated rings. The molecule has 2 N–H and O–H groups in total. The molecule has 6 aromatic rings. The average Bonchev–Trinajstić information content (AvgIpc) is 3.17. The number of amides is 2. The predicted octanol–water partition coefficient (Wildman–Crippen LogP) is 9.90. The number of hydrogen-bond acceptors (Lipinski definition) is 3. The molecule has 0 heterocycles. The highest BCUT2D eigenvalue weighted by Crippen LogP contribution is 2.30. The van der Waals surface area contributed by atoms with Crippen LogP contribution in [0.5, 0.6) is 0 Å². The van der Waals surface area contributed by atoms with Crippen LogP contribution in [0.15, 0.2) is 158 Å². The van der Waals surface area contributed by atoms with E-state index >= 15 is 0 Å². The van der Waals surface area contributed by atoms with Crippen LogP contribution in [-0.4, -0.2) is 29.4 Å². The standard InChI is InChI=1S/C44H37ClN2O4/c45-38-26-27-41(39(29-38)43(50)46-40(30-42(48)49)36-22-18-34(19-23-36)32-14-6-2-7-15-32)47(28-10-13-31-11-4-1-5-12-31)44(51)37-24-20-35(21-25-37)33-16-8-3-9-17-33/h1-9,11-12,14-27,29,40H,10,13,28,30H2,(H,46,50)(H,48,49). The second-order valence-electron chi connectivity index (χ2n) is 12.3. The van der Waals surface area contributed by atoms with E-state index in [0.29, 0.717) is 34.8 Å². The molecule has 7 heteroatoms. The summed E-state index contributed by atoms with van der Waals surface area (Å²) < 4.78 is 0. The maximum atomic E-state index is 14.3. The highest BCUT2D eigenvalue weighted by molar-refractivity contribution is 6.31. The van der Waals surface area contributed by atoms with Crippen molar-refractivity contribution in [1.82, 2.24) is 5.32 Å². The number of rotatable bonds is 13. The Balaban J connectivity index is 1.30. The van der Waals surface area contributed by atoms with Gasteiger partial charge in [0, 0.05) is 17.1 Å². The first-order valence-corrected chi connectivity index (χ1v) is 17.2. The first kappa shape index (κ1) is 34.9. The number of benzene rings is 6. The van der Waals surface area contributed by atoms with Gasteiger partial charge in [0.2, 0.25) is 0 Å². The maximum Gasteiger partial charge on any atom is 0.305 e. The first-order valence-electron chi connectivity index (χ1n) is 16.8. The third-order valence-corrected chi connectivity index (χ3v) is 9.01. The Labute approximate surface area is 303 Å². The van der Waals surface area contributed by atoms with E-state index in [1.165, 1.54) is 6.07 Å². The van der Waals surface area contributed by atoms with Gasteiger partial charge in [0.05, 0.1) is 23.7 Å². The zero-order valence-electron chi connectivity index (χ0n) is 27.9. The third-order valence-electron chi connectivity index (χ3n) is 8.77. The molecule has 1 unspecified atom stereocenters. The van der Waals surface area contributed by atoms with E-state index in [0.717, 1.165) is 34.2 Å². The Morgan fingerprint density at radius 3 is 1.75 bits per heavy atom. The van der Waals surface area contributed by atoms with Crippen molar-refractivity contribution in [2.45, 2.75) is 25.3 Å². The van der Waals surface area contributed by atoms with E-state index in [1.54, 1.807) is 29.2 Å². The molecule has 6 nitrogen and oxygen atoms in total. The Morgan fingerprint density at radius 2 is 1.18 bits per heavy atom. The van der Waals surface area contributed by atoms with Crippen LogP contribution in [0.1, 0.15) is 50.7 Å². The molecular formula is C44H37ClN2O4. The van der Waals surface area contributed by atoms with Crippen LogP contribution in [0, 0.1) is 0 Å². The molecule has 254 valence electrons. The number of halogens is 1. The largest absolute Gasteiger partial charge is 0.481 e. The van der Waals surface area contributed by atoms with Crippen molar-refractivity contribution in [1.29, 1.82) is 0 Å². The summed E-state index contributed by atoms with van der Waals surface area (Å²) in [7, 11) is 0. The average molecular weight is 693 g/mol. The third kappa shape index (κ3) is 8.98. The van der Waals surface area contributed by atoms with Gasteiger partial charge in [-0.2, -0.15) is 0 Å². The number of carbonyl (C=O) groups excluding carboxylic acids is 2. The number of carboxylic acid groups (broad SMARTS) is 1. The van der Waals surface area contributed by atoms with Crippen molar-refractivity contribution in [3.05, 3.63) is 185 Å². The lowest BCUT2D eigenvalue weighted by Gasteiger charge is -2.26. The molecule has 6 aromatic carbocycles. The van der Waals surface area contributed by atoms with Gasteiger partial charge in [-0.25, -0.2) is 0 Å².